The van der Waals surface area contributed by atoms with Crippen LogP contribution in [-0.2, 0) is 51.3 Å². The third-order valence-corrected chi connectivity index (χ3v) is 25.1. The first-order valence-electron chi connectivity index (χ1n) is 44.5. The summed E-state index contributed by atoms with van der Waals surface area (Å²) in [5, 5.41) is 19.6. The van der Waals surface area contributed by atoms with Gasteiger partial charge in [-0.3, -0.25) is 111 Å². The molecule has 0 radical (unpaired) electrons. The average molecular weight is 1870 g/mol. The van der Waals surface area contributed by atoms with Gasteiger partial charge >= 0.3 is 22.8 Å². The summed E-state index contributed by atoms with van der Waals surface area (Å²) in [4.78, 5) is 222. The van der Waals surface area contributed by atoms with E-state index in [9.17, 15) is 67.7 Å². The van der Waals surface area contributed by atoms with Gasteiger partial charge in [-0.05, 0) is 155 Å². The van der Waals surface area contributed by atoms with Crippen LogP contribution in [0.2, 0.25) is 0 Å². The molecule has 0 saturated carbocycles. The number of fused-ring (bicyclic) bond motifs is 12. The molecular formula is C95H95N25O18. The number of H-pyrrole nitrogens is 4. The standard InChI is InChI=1S/2C24H24N6O5.C24H24N6O4.C23H23N7O4/c2*1-35-13-20(32)29-8-6-16(7-9-29)30-22-17(23(33)28-24(30)34)11-26-19-5-4-18(27-21(19)22)14-2-3-15(12-31)25-10-14;1-14-3-4-15(11-25-14)18-5-6-19-21(27-18)22-17(12-26-19)23(32)28-24(33)30(22)16-7-9-29(10-8-16)20(31)13-34-2;1-34-12-19(31)29-8-6-14(7-9-29)30-21-15(22(32)28-23(30)33)11-25-17-4-3-16(27-20(17)21)13-2-5-18(24)26-10-13/h2*2-5,10-11,16,31H,6-9,12-13H2,1H3,(H,28,33,34);3-6,11-12,16H,7-10,13H2,1-2H3,(H,28,32,33);2-5,10-11,14H,6-9,12H2,1H3,(H2,24,26)(H,28,32,33). The number of aliphatic hydroxyl groups excluding tert-OH is 2. The number of carbonyl (C=O) groups excluding carboxylic acids is 4. The lowest BCUT2D eigenvalue weighted by Crippen LogP contribution is -2.43. The lowest BCUT2D eigenvalue weighted by atomic mass is 10.0. The maximum Gasteiger partial charge on any atom is 0.329 e. The Labute approximate surface area is 780 Å². The van der Waals surface area contributed by atoms with Crippen molar-refractivity contribution >= 4 is 117 Å². The molecule has 0 unspecified atom stereocenters. The Hall–Kier alpha value is -16.0. The topological polar surface area (TPSA) is 559 Å². The third kappa shape index (κ3) is 19.4. The zero-order valence-electron chi connectivity index (χ0n) is 75.7. The number of carbonyl (C=O) groups is 4. The highest BCUT2D eigenvalue weighted by Crippen LogP contribution is 2.36. The van der Waals surface area contributed by atoms with Gasteiger partial charge < -0.3 is 54.5 Å². The van der Waals surface area contributed by atoms with Crippen LogP contribution < -0.4 is 50.7 Å². The molecule has 4 amide bonds. The van der Waals surface area contributed by atoms with E-state index in [0.29, 0.717) is 215 Å². The minimum atomic E-state index is -0.524. The first-order chi connectivity index (χ1) is 66.9. The zero-order valence-corrected chi connectivity index (χ0v) is 75.7. The van der Waals surface area contributed by atoms with Crippen LogP contribution in [0.15, 0.2) is 185 Å². The molecule has 0 aliphatic carbocycles. The monoisotopic (exact) mass is 1870 g/mol. The van der Waals surface area contributed by atoms with E-state index >= 15 is 0 Å². The quantitative estimate of drug-likeness (QED) is 0.0562. The van der Waals surface area contributed by atoms with Crippen molar-refractivity contribution in [2.75, 3.05) is 113 Å². The van der Waals surface area contributed by atoms with Crippen molar-refractivity contribution in [3.05, 3.63) is 247 Å². The SMILES string of the molecule is COCC(=O)N1CCC(n2c(=O)[nH]c(=O)c3cnc4ccc(-c5ccc(C)nc5)nc4c32)CC1.COCC(=O)N1CCC(n2c(=O)[nH]c(=O)c3cnc4ccc(-c5ccc(CO)nc5)nc4c32)CC1.COCC(=O)N1CCC(n2c(=O)[nH]c(=O)c3cnc4ccc(-c5ccc(CO)nc5)nc4c32)CC1.COCC(=O)N1CCC(n2c(=O)[nH]c(=O)c3cnc4ccc(-c5ccc(N)nc5)nc4c32)CC1. The first kappa shape index (κ1) is 93.8. The van der Waals surface area contributed by atoms with E-state index in [4.69, 9.17) is 44.6 Å². The molecule has 0 spiro atoms. The first-order valence-corrected chi connectivity index (χ1v) is 44.5. The van der Waals surface area contributed by atoms with Crippen molar-refractivity contribution in [2.45, 2.75) is 95.7 Å². The summed E-state index contributed by atoms with van der Waals surface area (Å²) in [6.07, 6.45) is 16.9. The number of amides is 4. The molecule has 4 aliphatic heterocycles. The zero-order chi connectivity index (χ0) is 96.7. The van der Waals surface area contributed by atoms with Crippen LogP contribution in [-0.4, -0.2) is 259 Å². The van der Waals surface area contributed by atoms with Gasteiger partial charge in [-0.25, -0.2) is 44.1 Å². The number of aliphatic hydroxyl groups is 2. The fraction of sp³-hybridized carbons (Fsp3) is 0.326. The summed E-state index contributed by atoms with van der Waals surface area (Å²) in [5.41, 5.74) is 14.9. The second kappa shape index (κ2) is 41.1. The maximum absolute atomic E-state index is 13.1. The number of aromatic nitrogens is 20. The normalized spacial score (nSPS) is 14.7. The Morgan fingerprint density at radius 1 is 0.326 bits per heavy atom. The van der Waals surface area contributed by atoms with Gasteiger partial charge in [0, 0.05) is 182 Å². The van der Waals surface area contributed by atoms with Crippen LogP contribution in [0.4, 0.5) is 5.82 Å². The van der Waals surface area contributed by atoms with Gasteiger partial charge in [0.1, 0.15) is 54.3 Å². The number of pyridine rings is 12. The number of ether oxygens (including phenoxy) is 4. The number of nitrogen functional groups attached to an aromatic ring is 1. The molecule has 8 N–H and O–H groups in total. The number of nitrogens with one attached hydrogen (secondary N) is 4. The van der Waals surface area contributed by atoms with Crippen molar-refractivity contribution in [3.8, 4) is 45.0 Å². The Balaban J connectivity index is 0.000000127. The Bertz CT molecular complexity index is 7430. The second-order valence-electron chi connectivity index (χ2n) is 33.6. The average Bonchev–Trinajstić information content (AvgIpc) is 0.754. The van der Waals surface area contributed by atoms with Crippen molar-refractivity contribution < 1.29 is 48.3 Å². The molecule has 4 saturated heterocycles. The van der Waals surface area contributed by atoms with Gasteiger partial charge in [-0.2, -0.15) is 0 Å². The van der Waals surface area contributed by atoms with Gasteiger partial charge in [0.25, 0.3) is 22.2 Å². The van der Waals surface area contributed by atoms with Gasteiger partial charge in [0.2, 0.25) is 23.6 Å². The number of rotatable bonds is 18. The highest BCUT2D eigenvalue weighted by molar-refractivity contribution is 6.04. The van der Waals surface area contributed by atoms with Crippen LogP contribution in [0.25, 0.3) is 133 Å². The van der Waals surface area contributed by atoms with Crippen molar-refractivity contribution in [2.24, 2.45) is 0 Å². The summed E-state index contributed by atoms with van der Waals surface area (Å²) >= 11 is 0. The van der Waals surface area contributed by atoms with Crippen LogP contribution in [0.5, 0.6) is 0 Å². The van der Waals surface area contributed by atoms with Crippen LogP contribution in [0.3, 0.4) is 0 Å². The molecule has 708 valence electrons. The Kier molecular flexibility index (Phi) is 27.9. The van der Waals surface area contributed by atoms with E-state index in [2.05, 4.69) is 59.8 Å². The predicted octanol–water partition coefficient (Wildman–Crippen LogP) is 4.89. The van der Waals surface area contributed by atoms with Crippen molar-refractivity contribution in [1.29, 1.82) is 0 Å². The summed E-state index contributed by atoms with van der Waals surface area (Å²) in [6, 6.07) is 28.0. The lowest BCUT2D eigenvalue weighted by Gasteiger charge is -2.33. The van der Waals surface area contributed by atoms with Gasteiger partial charge in [-0.15, -0.1) is 0 Å². The van der Waals surface area contributed by atoms with Crippen LogP contribution in [0.1, 0.15) is 92.6 Å². The molecule has 20 heterocycles. The smallest absolute Gasteiger partial charge is 0.329 e. The molecule has 16 aromatic rings. The molecule has 16 aromatic heterocycles. The predicted molar refractivity (Wildman–Crippen MR) is 509 cm³/mol. The van der Waals surface area contributed by atoms with Crippen LogP contribution >= 0.6 is 0 Å². The van der Waals surface area contributed by atoms with Gasteiger partial charge in [-0.1, -0.05) is 0 Å². The summed E-state index contributed by atoms with van der Waals surface area (Å²) in [5.74, 6) is 0.0511. The maximum atomic E-state index is 13.1. The molecule has 0 bridgehead atoms. The van der Waals surface area contributed by atoms with Gasteiger partial charge in [0.15, 0.2) is 0 Å². The Morgan fingerprint density at radius 2 is 0.572 bits per heavy atom. The number of aryl methyl sites for hydroxylation is 1. The molecule has 0 aromatic carbocycles. The summed E-state index contributed by atoms with van der Waals surface area (Å²) in [7, 11) is 5.93. The molecule has 4 aliphatic rings. The van der Waals surface area contributed by atoms with E-state index in [-0.39, 0.29) is 104 Å². The number of nitrogens with zero attached hydrogens (tertiary/aromatic N) is 20. The number of hydrogen-bond donors (Lipinski definition) is 7. The number of likely N-dealkylation sites (tertiary alicyclic amines) is 4. The number of hydrogen-bond acceptors (Lipinski definition) is 31. The summed E-state index contributed by atoms with van der Waals surface area (Å²) < 4.78 is 26.2. The number of nitrogens with two attached hydrogens (primary N) is 1. The van der Waals surface area contributed by atoms with E-state index in [0.717, 1.165) is 27.9 Å². The van der Waals surface area contributed by atoms with Crippen molar-refractivity contribution in [1.82, 2.24) is 118 Å². The molecular weight excluding hydrogens is 1780 g/mol. The van der Waals surface area contributed by atoms with Crippen LogP contribution in [0, 0.1) is 6.92 Å². The Morgan fingerprint density at radius 3 is 0.790 bits per heavy atom. The molecule has 20 rings (SSSR count). The largest absolute Gasteiger partial charge is 0.390 e. The highest BCUT2D eigenvalue weighted by Gasteiger charge is 2.34. The van der Waals surface area contributed by atoms with Gasteiger partial charge in [0.05, 0.1) is 113 Å². The molecule has 4 fully saturated rings. The number of piperidine rings is 4. The van der Waals surface area contributed by atoms with Crippen molar-refractivity contribution in [3.63, 3.8) is 0 Å². The van der Waals surface area contributed by atoms with E-state index in [1.807, 2.05) is 43.3 Å². The number of methoxy groups -OCH3 is 4. The molecule has 0 atom stereocenters. The fourth-order valence-corrected chi connectivity index (χ4v) is 18.1. The molecule has 138 heavy (non-hydrogen) atoms. The number of anilines is 1. The number of aromatic amines is 4. The molecule has 43 nitrogen and oxygen atoms in total. The van der Waals surface area contributed by atoms with E-state index in [1.165, 1.54) is 53.2 Å². The second-order valence-corrected chi connectivity index (χ2v) is 33.6. The minimum Gasteiger partial charge on any atom is -0.390 e. The minimum absolute atomic E-state index is 0.0172. The van der Waals surface area contributed by atoms with E-state index < -0.39 is 45.0 Å². The third-order valence-electron chi connectivity index (χ3n) is 25.1. The summed E-state index contributed by atoms with van der Waals surface area (Å²) in [6.45, 7) is 5.55. The fourth-order valence-electron chi connectivity index (χ4n) is 18.1. The molecule has 43 heteroatoms. The van der Waals surface area contributed by atoms with E-state index in [1.54, 1.807) is 123 Å². The highest BCUT2D eigenvalue weighted by atomic mass is 16.5. The lowest BCUT2D eigenvalue weighted by molar-refractivity contribution is -0.137.